The molecule has 9 nitrogen and oxygen atoms in total. The van der Waals surface area contributed by atoms with Crippen molar-refractivity contribution < 1.29 is 19.5 Å². The van der Waals surface area contributed by atoms with E-state index in [2.05, 4.69) is 15.6 Å². The number of aromatic nitrogens is 3. The number of imide groups is 1. The number of amides is 3. The number of hydrogen-bond donors (Lipinski definition) is 2. The number of aliphatic hydroxyl groups is 1. The van der Waals surface area contributed by atoms with Crippen LogP contribution < -0.4 is 5.32 Å². The van der Waals surface area contributed by atoms with E-state index in [1.807, 2.05) is 36.4 Å². The Hall–Kier alpha value is -3.85. The van der Waals surface area contributed by atoms with Crippen molar-refractivity contribution in [3.8, 4) is 5.69 Å². The molecule has 5 rings (SSSR count). The third-order valence-corrected chi connectivity index (χ3v) is 6.21. The number of nitrogens with one attached hydrogen (secondary N) is 1. The van der Waals surface area contributed by atoms with Crippen molar-refractivity contribution in [3.63, 3.8) is 0 Å². The van der Waals surface area contributed by atoms with Gasteiger partial charge in [-0.3, -0.25) is 19.7 Å². The van der Waals surface area contributed by atoms with Crippen LogP contribution in [0.25, 0.3) is 5.69 Å². The van der Waals surface area contributed by atoms with Crippen LogP contribution in [-0.4, -0.2) is 48.8 Å². The number of piperidine rings is 1. The lowest BCUT2D eigenvalue weighted by atomic mass is 9.94. The molecule has 9 heteroatoms. The molecule has 3 aromatic rings. The predicted octanol–water partition coefficient (Wildman–Crippen LogP) is 1.48. The highest BCUT2D eigenvalue weighted by Crippen LogP contribution is 2.30. The Morgan fingerprint density at radius 1 is 1.15 bits per heavy atom. The van der Waals surface area contributed by atoms with Gasteiger partial charge in [0, 0.05) is 24.9 Å². The summed E-state index contributed by atoms with van der Waals surface area (Å²) in [5.41, 5.74) is 2.22. The van der Waals surface area contributed by atoms with Crippen molar-refractivity contribution in [2.45, 2.75) is 44.4 Å². The van der Waals surface area contributed by atoms with Gasteiger partial charge in [0.25, 0.3) is 5.91 Å². The molecule has 1 saturated heterocycles. The maximum atomic E-state index is 12.9. The first kappa shape index (κ1) is 21.0. The second kappa shape index (κ2) is 7.93. The van der Waals surface area contributed by atoms with E-state index in [1.54, 1.807) is 29.9 Å². The Morgan fingerprint density at radius 3 is 2.70 bits per heavy atom. The molecule has 2 unspecified atom stereocenters. The highest BCUT2D eigenvalue weighted by Gasteiger charge is 2.39. The standard InChI is InChI=1S/C24H23N5O4/c1-24(33,12-15-5-3-2-4-6-15)20-14-29(27-26-20)17-7-8-18-16(11-17)13-28(23(18)32)19-9-10-21(30)25-22(19)31/h2-8,11,14,19,33H,9-10,12-13H2,1H3,(H,25,30,31). The fraction of sp³-hybridized carbons (Fsp3) is 0.292. The van der Waals surface area contributed by atoms with Crippen LogP contribution in [0.5, 0.6) is 0 Å². The molecular weight excluding hydrogens is 422 g/mol. The van der Waals surface area contributed by atoms with Crippen molar-refractivity contribution in [2.24, 2.45) is 0 Å². The highest BCUT2D eigenvalue weighted by molar-refractivity contribution is 6.05. The number of hydrogen-bond acceptors (Lipinski definition) is 6. The quantitative estimate of drug-likeness (QED) is 0.575. The first-order valence-corrected chi connectivity index (χ1v) is 10.8. The van der Waals surface area contributed by atoms with Gasteiger partial charge in [-0.05, 0) is 42.7 Å². The minimum atomic E-state index is -1.20. The number of fused-ring (bicyclic) bond motifs is 1. The van der Waals surface area contributed by atoms with Crippen LogP contribution in [0.2, 0.25) is 0 Å². The molecule has 2 atom stereocenters. The van der Waals surface area contributed by atoms with Crippen molar-refractivity contribution in [2.75, 3.05) is 0 Å². The first-order chi connectivity index (χ1) is 15.8. The molecular formula is C24H23N5O4. The molecule has 1 fully saturated rings. The molecule has 2 N–H and O–H groups in total. The van der Waals surface area contributed by atoms with Crippen molar-refractivity contribution >= 4 is 17.7 Å². The van der Waals surface area contributed by atoms with E-state index >= 15 is 0 Å². The van der Waals surface area contributed by atoms with E-state index in [-0.39, 0.29) is 24.8 Å². The summed E-state index contributed by atoms with van der Waals surface area (Å²) in [6.45, 7) is 1.98. The average Bonchev–Trinajstić information content (AvgIpc) is 3.40. The molecule has 33 heavy (non-hydrogen) atoms. The normalized spacial score (nSPS) is 19.9. The van der Waals surface area contributed by atoms with Crippen molar-refractivity contribution in [3.05, 3.63) is 77.1 Å². The Bertz CT molecular complexity index is 1250. The lowest BCUT2D eigenvalue weighted by molar-refractivity contribution is -0.136. The first-order valence-electron chi connectivity index (χ1n) is 10.8. The number of benzene rings is 2. The second-order valence-corrected chi connectivity index (χ2v) is 8.73. The smallest absolute Gasteiger partial charge is 0.255 e. The second-order valence-electron chi connectivity index (χ2n) is 8.73. The molecule has 0 aliphatic carbocycles. The Morgan fingerprint density at radius 2 is 1.94 bits per heavy atom. The Kier molecular flexibility index (Phi) is 5.05. The summed E-state index contributed by atoms with van der Waals surface area (Å²) < 4.78 is 1.56. The summed E-state index contributed by atoms with van der Waals surface area (Å²) in [4.78, 5) is 38.1. The topological polar surface area (TPSA) is 117 Å². The molecule has 0 radical (unpaired) electrons. The lowest BCUT2D eigenvalue weighted by Crippen LogP contribution is -2.52. The van der Waals surface area contributed by atoms with E-state index in [0.717, 1.165) is 11.1 Å². The summed E-state index contributed by atoms with van der Waals surface area (Å²) in [5.74, 6) is -0.974. The van der Waals surface area contributed by atoms with Crippen LogP contribution in [0.3, 0.4) is 0 Å². The lowest BCUT2D eigenvalue weighted by Gasteiger charge is -2.29. The van der Waals surface area contributed by atoms with Gasteiger partial charge in [0.2, 0.25) is 11.8 Å². The average molecular weight is 445 g/mol. The fourth-order valence-electron chi connectivity index (χ4n) is 4.42. The molecule has 3 amide bonds. The highest BCUT2D eigenvalue weighted by atomic mass is 16.3. The fourth-order valence-corrected chi connectivity index (χ4v) is 4.42. The summed E-state index contributed by atoms with van der Waals surface area (Å²) in [7, 11) is 0. The largest absolute Gasteiger partial charge is 0.383 e. The number of nitrogens with zero attached hydrogens (tertiary/aromatic N) is 4. The molecule has 1 aromatic heterocycles. The summed E-state index contributed by atoms with van der Waals surface area (Å²) in [5, 5.41) is 21.6. The molecule has 2 aliphatic rings. The van der Waals surface area contributed by atoms with Crippen LogP contribution in [0, 0.1) is 0 Å². The molecule has 3 heterocycles. The van der Waals surface area contributed by atoms with Crippen molar-refractivity contribution in [1.82, 2.24) is 25.2 Å². The summed E-state index contributed by atoms with van der Waals surface area (Å²) in [6, 6.07) is 14.3. The zero-order chi connectivity index (χ0) is 23.2. The molecule has 0 spiro atoms. The monoisotopic (exact) mass is 445 g/mol. The van der Waals surface area contributed by atoms with E-state index in [9.17, 15) is 19.5 Å². The molecule has 0 saturated carbocycles. The summed E-state index contributed by atoms with van der Waals surface area (Å²) >= 11 is 0. The van der Waals surface area contributed by atoms with Gasteiger partial charge in [0.1, 0.15) is 17.3 Å². The number of carbonyl (C=O) groups excluding carboxylic acids is 3. The Labute approximate surface area is 190 Å². The van der Waals surface area contributed by atoms with Gasteiger partial charge in [-0.2, -0.15) is 0 Å². The maximum absolute atomic E-state index is 12.9. The third-order valence-electron chi connectivity index (χ3n) is 6.21. The molecule has 168 valence electrons. The van der Waals surface area contributed by atoms with E-state index in [1.165, 1.54) is 4.90 Å². The zero-order valence-electron chi connectivity index (χ0n) is 18.1. The van der Waals surface area contributed by atoms with Gasteiger partial charge in [-0.25, -0.2) is 4.68 Å². The van der Waals surface area contributed by atoms with Gasteiger partial charge < -0.3 is 10.0 Å². The molecule has 0 bridgehead atoms. The van der Waals surface area contributed by atoms with Crippen LogP contribution in [0.1, 0.15) is 46.9 Å². The van der Waals surface area contributed by atoms with Gasteiger partial charge in [0.15, 0.2) is 0 Å². The van der Waals surface area contributed by atoms with E-state index < -0.39 is 17.6 Å². The van der Waals surface area contributed by atoms with Gasteiger partial charge in [-0.1, -0.05) is 35.5 Å². The minimum Gasteiger partial charge on any atom is -0.383 e. The Balaban J connectivity index is 1.36. The third kappa shape index (κ3) is 3.91. The van der Waals surface area contributed by atoms with Crippen molar-refractivity contribution in [1.29, 1.82) is 0 Å². The minimum absolute atomic E-state index is 0.215. The van der Waals surface area contributed by atoms with Gasteiger partial charge >= 0.3 is 0 Å². The SMILES string of the molecule is CC(O)(Cc1ccccc1)c1cn(-c2ccc3c(c2)CN(C2CCC(=O)NC2=O)C3=O)nn1. The molecule has 2 aromatic carbocycles. The van der Waals surface area contributed by atoms with E-state index in [0.29, 0.717) is 29.8 Å². The van der Waals surface area contributed by atoms with E-state index in [4.69, 9.17) is 0 Å². The van der Waals surface area contributed by atoms with Crippen LogP contribution in [0.15, 0.2) is 54.7 Å². The maximum Gasteiger partial charge on any atom is 0.255 e. The van der Waals surface area contributed by atoms with Crippen LogP contribution in [0.4, 0.5) is 0 Å². The molecule has 2 aliphatic heterocycles. The van der Waals surface area contributed by atoms with Crippen LogP contribution >= 0.6 is 0 Å². The summed E-state index contributed by atoms with van der Waals surface area (Å²) in [6.07, 6.45) is 2.61. The van der Waals surface area contributed by atoms with Crippen LogP contribution in [-0.2, 0) is 28.2 Å². The van der Waals surface area contributed by atoms with Gasteiger partial charge in [0.05, 0.1) is 11.9 Å². The zero-order valence-corrected chi connectivity index (χ0v) is 18.1. The van der Waals surface area contributed by atoms with Gasteiger partial charge in [-0.15, -0.1) is 5.10 Å². The number of rotatable bonds is 5. The number of carbonyl (C=O) groups is 3. The predicted molar refractivity (Wildman–Crippen MR) is 117 cm³/mol.